The van der Waals surface area contributed by atoms with E-state index in [0.29, 0.717) is 11.1 Å². The number of terminal acetylenes is 1. The van der Waals surface area contributed by atoms with E-state index in [1.807, 2.05) is 0 Å². The van der Waals surface area contributed by atoms with Crippen LogP contribution in [-0.4, -0.2) is 52.4 Å². The first-order chi connectivity index (χ1) is 17.8. The number of nitrogens with two attached hydrogens (primary N) is 1. The highest BCUT2D eigenvalue weighted by atomic mass is 16.6. The molecule has 1 fully saturated rings. The van der Waals surface area contributed by atoms with Gasteiger partial charge in [-0.3, -0.25) is 14.4 Å². The molecule has 2 atom stereocenters. The third kappa shape index (κ3) is 9.09. The van der Waals surface area contributed by atoms with Crippen molar-refractivity contribution >= 4 is 23.8 Å². The van der Waals surface area contributed by atoms with Gasteiger partial charge >= 0.3 is 6.09 Å². The summed E-state index contributed by atoms with van der Waals surface area (Å²) in [5, 5.41) is 5.72. The molecule has 9 heteroatoms. The number of carbonyl (C=O) groups is 4. The van der Waals surface area contributed by atoms with E-state index in [4.69, 9.17) is 16.9 Å². The zero-order valence-electron chi connectivity index (χ0n) is 23.2. The number of hydrogen-bond donors (Lipinski definition) is 3. The molecule has 1 saturated carbocycles. The fourth-order valence-corrected chi connectivity index (χ4v) is 4.66. The van der Waals surface area contributed by atoms with Crippen LogP contribution < -0.4 is 16.4 Å². The van der Waals surface area contributed by atoms with Gasteiger partial charge in [0.1, 0.15) is 17.7 Å². The smallest absolute Gasteiger partial charge is 0.408 e. The molecule has 0 bridgehead atoms. The molecular weight excluding hydrogens is 484 g/mol. The highest BCUT2D eigenvalue weighted by Gasteiger charge is 2.39. The Kier molecular flexibility index (Phi) is 11.2. The standard InChI is InChI=1S/C29H42N4O5/c1-7-20-13-11-12-16-22(20)25(26(35)31-21-14-9-8-10-15-21)33(19(2)3)27(36)23(17-18-24(30)34)32-28(37)38-29(4,5)6/h1,11-13,16,19,21,23,25H,8-10,14-15,17-18H2,2-6H3,(H2,30,34)(H,31,35)(H,32,37). The van der Waals surface area contributed by atoms with E-state index in [-0.39, 0.29) is 24.8 Å². The van der Waals surface area contributed by atoms with Crippen LogP contribution >= 0.6 is 0 Å². The van der Waals surface area contributed by atoms with E-state index in [1.54, 1.807) is 58.9 Å². The number of nitrogens with one attached hydrogen (secondary N) is 2. The molecule has 38 heavy (non-hydrogen) atoms. The Morgan fingerprint density at radius 2 is 1.76 bits per heavy atom. The van der Waals surface area contributed by atoms with E-state index < -0.39 is 41.6 Å². The number of hydrogen-bond acceptors (Lipinski definition) is 5. The normalized spacial score (nSPS) is 15.6. The van der Waals surface area contributed by atoms with Gasteiger partial charge in [-0.1, -0.05) is 43.4 Å². The Labute approximate surface area is 226 Å². The quantitative estimate of drug-likeness (QED) is 0.401. The van der Waals surface area contributed by atoms with Crippen molar-refractivity contribution in [3.63, 3.8) is 0 Å². The van der Waals surface area contributed by atoms with Crippen LogP contribution in [0.1, 0.15) is 96.7 Å². The van der Waals surface area contributed by atoms with Crippen molar-refractivity contribution in [2.45, 2.75) is 109 Å². The summed E-state index contributed by atoms with van der Waals surface area (Å²) in [5.74, 6) is 1.13. The number of alkyl carbamates (subject to hydrolysis) is 1. The summed E-state index contributed by atoms with van der Waals surface area (Å²) in [6, 6.07) is 4.36. The molecule has 1 aliphatic rings. The molecule has 0 spiro atoms. The van der Waals surface area contributed by atoms with Crippen LogP contribution in [0.3, 0.4) is 0 Å². The summed E-state index contributed by atoms with van der Waals surface area (Å²) in [5.41, 5.74) is 5.56. The summed E-state index contributed by atoms with van der Waals surface area (Å²) in [7, 11) is 0. The van der Waals surface area contributed by atoms with Crippen LogP contribution in [0.4, 0.5) is 4.79 Å². The number of ether oxygens (including phenoxy) is 1. The first-order valence-corrected chi connectivity index (χ1v) is 13.3. The zero-order valence-corrected chi connectivity index (χ0v) is 23.2. The second-order valence-electron chi connectivity index (χ2n) is 11.0. The van der Waals surface area contributed by atoms with Gasteiger partial charge in [-0.25, -0.2) is 4.79 Å². The minimum atomic E-state index is -1.15. The fraction of sp³-hybridized carbons (Fsp3) is 0.586. The maximum Gasteiger partial charge on any atom is 0.408 e. The lowest BCUT2D eigenvalue weighted by molar-refractivity contribution is -0.145. The molecule has 0 aliphatic heterocycles. The lowest BCUT2D eigenvalue weighted by Gasteiger charge is -2.38. The van der Waals surface area contributed by atoms with Crippen molar-refractivity contribution in [3.8, 4) is 12.3 Å². The Morgan fingerprint density at radius 3 is 2.32 bits per heavy atom. The van der Waals surface area contributed by atoms with E-state index in [1.165, 1.54) is 4.90 Å². The molecule has 2 unspecified atom stereocenters. The van der Waals surface area contributed by atoms with Crippen LogP contribution in [0, 0.1) is 12.3 Å². The van der Waals surface area contributed by atoms with Gasteiger partial charge in [0.05, 0.1) is 0 Å². The van der Waals surface area contributed by atoms with E-state index in [0.717, 1.165) is 32.1 Å². The maximum atomic E-state index is 14.1. The monoisotopic (exact) mass is 526 g/mol. The zero-order chi connectivity index (χ0) is 28.5. The van der Waals surface area contributed by atoms with Gasteiger partial charge in [-0.15, -0.1) is 6.42 Å². The predicted octanol–water partition coefficient (Wildman–Crippen LogP) is 3.55. The summed E-state index contributed by atoms with van der Waals surface area (Å²) >= 11 is 0. The van der Waals surface area contributed by atoms with Crippen molar-refractivity contribution in [1.82, 2.24) is 15.5 Å². The molecule has 9 nitrogen and oxygen atoms in total. The van der Waals surface area contributed by atoms with Gasteiger partial charge in [0.15, 0.2) is 0 Å². The number of rotatable bonds is 10. The second kappa shape index (κ2) is 13.8. The second-order valence-corrected chi connectivity index (χ2v) is 11.0. The molecule has 1 aromatic rings. The highest BCUT2D eigenvalue weighted by molar-refractivity contribution is 5.93. The molecule has 0 radical (unpaired) electrons. The molecule has 4 amide bonds. The summed E-state index contributed by atoms with van der Waals surface area (Å²) in [6.45, 7) is 8.69. The SMILES string of the molecule is C#Cc1ccccc1C(C(=O)NC1CCCCC1)N(C(=O)C(CCC(N)=O)NC(=O)OC(C)(C)C)C(C)C. The number of carbonyl (C=O) groups excluding carboxylic acids is 4. The summed E-state index contributed by atoms with van der Waals surface area (Å²) < 4.78 is 5.35. The van der Waals surface area contributed by atoms with Crippen molar-refractivity contribution in [3.05, 3.63) is 35.4 Å². The first-order valence-electron chi connectivity index (χ1n) is 13.3. The van der Waals surface area contributed by atoms with Gasteiger partial charge in [0, 0.05) is 24.1 Å². The highest BCUT2D eigenvalue weighted by Crippen LogP contribution is 2.29. The largest absolute Gasteiger partial charge is 0.444 e. The number of primary amides is 1. The fourth-order valence-electron chi connectivity index (χ4n) is 4.66. The molecule has 208 valence electrons. The summed E-state index contributed by atoms with van der Waals surface area (Å²) in [6.07, 6.45) is 9.70. The minimum absolute atomic E-state index is 0.00593. The van der Waals surface area contributed by atoms with Crippen LogP contribution in [0.25, 0.3) is 0 Å². The van der Waals surface area contributed by atoms with Crippen molar-refractivity contribution < 1.29 is 23.9 Å². The molecular formula is C29H42N4O5. The topological polar surface area (TPSA) is 131 Å². The Morgan fingerprint density at radius 1 is 1.13 bits per heavy atom. The number of benzene rings is 1. The average Bonchev–Trinajstić information content (AvgIpc) is 2.83. The lowest BCUT2D eigenvalue weighted by Crippen LogP contribution is -2.56. The third-order valence-corrected chi connectivity index (χ3v) is 6.37. The Bertz CT molecular complexity index is 1030. The van der Waals surface area contributed by atoms with Gasteiger partial charge in [0.25, 0.3) is 0 Å². The molecule has 0 saturated heterocycles. The Balaban J connectivity index is 2.51. The van der Waals surface area contributed by atoms with Crippen molar-refractivity contribution in [2.24, 2.45) is 5.73 Å². The average molecular weight is 527 g/mol. The van der Waals surface area contributed by atoms with Gasteiger partial charge in [-0.2, -0.15) is 0 Å². The molecule has 2 rings (SSSR count). The van der Waals surface area contributed by atoms with Crippen molar-refractivity contribution in [2.75, 3.05) is 0 Å². The third-order valence-electron chi connectivity index (χ3n) is 6.37. The van der Waals surface area contributed by atoms with E-state index in [2.05, 4.69) is 16.6 Å². The van der Waals surface area contributed by atoms with Crippen LogP contribution in [-0.2, 0) is 19.1 Å². The van der Waals surface area contributed by atoms with Gasteiger partial charge in [-0.05, 0) is 65.5 Å². The molecule has 4 N–H and O–H groups in total. The minimum Gasteiger partial charge on any atom is -0.444 e. The van der Waals surface area contributed by atoms with Crippen LogP contribution in [0.2, 0.25) is 0 Å². The van der Waals surface area contributed by atoms with Crippen LogP contribution in [0.15, 0.2) is 24.3 Å². The predicted molar refractivity (Wildman–Crippen MR) is 146 cm³/mol. The number of nitrogens with zero attached hydrogens (tertiary/aromatic N) is 1. The van der Waals surface area contributed by atoms with Gasteiger partial charge in [0.2, 0.25) is 17.7 Å². The maximum absolute atomic E-state index is 14.1. The van der Waals surface area contributed by atoms with E-state index in [9.17, 15) is 19.2 Å². The summed E-state index contributed by atoms with van der Waals surface area (Å²) in [4.78, 5) is 53.6. The molecule has 1 aliphatic carbocycles. The first kappa shape index (κ1) is 30.7. The van der Waals surface area contributed by atoms with Gasteiger partial charge < -0.3 is 26.0 Å². The van der Waals surface area contributed by atoms with Crippen molar-refractivity contribution in [1.29, 1.82) is 0 Å². The lowest BCUT2D eigenvalue weighted by atomic mass is 9.93. The molecule has 1 aromatic carbocycles. The number of amides is 4. The van der Waals surface area contributed by atoms with E-state index >= 15 is 0 Å². The van der Waals surface area contributed by atoms with Crippen LogP contribution in [0.5, 0.6) is 0 Å². The Hall–Kier alpha value is -3.54. The molecule has 0 aromatic heterocycles. The molecule has 0 heterocycles.